The number of nitrogens with two attached hydrogens (primary N) is 2. The fourth-order valence-corrected chi connectivity index (χ4v) is 11.0. The average molecular weight is 711 g/mol. The van der Waals surface area contributed by atoms with Gasteiger partial charge in [0, 0.05) is 10.8 Å². The predicted octanol–water partition coefficient (Wildman–Crippen LogP) is -0.0768. The lowest BCUT2D eigenvalue weighted by molar-refractivity contribution is -0.0526. The third-order valence-corrected chi connectivity index (χ3v) is 13.1. The Labute approximate surface area is 268 Å². The summed E-state index contributed by atoms with van der Waals surface area (Å²) in [6.07, 6.45) is -0.619. The number of nitrogens with zero attached hydrogens (tertiary/aromatic N) is 7. The minimum atomic E-state index is -4.88. The number of fused-ring (bicyclic) bond motifs is 2. The van der Waals surface area contributed by atoms with Crippen LogP contribution in [-0.4, -0.2) is 91.8 Å². The third kappa shape index (κ3) is 4.22. The molecule has 0 aromatic carbocycles. The lowest BCUT2D eigenvalue weighted by atomic mass is 10.0. The molecule has 1 aliphatic heterocycles. The number of H-pyrrole nitrogens is 1. The zero-order chi connectivity index (χ0) is 32.8. The van der Waals surface area contributed by atoms with Crippen LogP contribution in [0.1, 0.15) is 24.9 Å². The number of aliphatic hydroxyl groups is 2. The van der Waals surface area contributed by atoms with E-state index in [0.717, 1.165) is 0 Å². The molecule has 23 heteroatoms. The van der Waals surface area contributed by atoms with E-state index in [1.807, 2.05) is 0 Å². The molecule has 4 aromatic heterocycles. The number of imidazole rings is 2. The van der Waals surface area contributed by atoms with Crippen LogP contribution in [0.4, 0.5) is 11.8 Å². The van der Waals surface area contributed by atoms with Gasteiger partial charge in [0.25, 0.3) is 5.56 Å². The molecule has 4 aromatic rings. The van der Waals surface area contributed by atoms with Crippen molar-refractivity contribution in [2.24, 2.45) is 22.7 Å². The molecule has 4 aliphatic carbocycles. The molecule has 9 rings (SSSR count). The van der Waals surface area contributed by atoms with E-state index in [-0.39, 0.29) is 29.5 Å². The van der Waals surface area contributed by atoms with Crippen molar-refractivity contribution in [1.82, 2.24) is 39.0 Å². The first kappa shape index (κ1) is 30.1. The summed E-state index contributed by atoms with van der Waals surface area (Å²) in [5.74, 6) is -0.887. The lowest BCUT2D eigenvalue weighted by Gasteiger charge is -2.34. The fourth-order valence-electron chi connectivity index (χ4n) is 8.34. The molecule has 5 heterocycles. The van der Waals surface area contributed by atoms with Crippen LogP contribution in [0.5, 0.6) is 0 Å². The zero-order valence-corrected chi connectivity index (χ0v) is 26.7. The molecule has 4 saturated carbocycles. The van der Waals surface area contributed by atoms with Crippen molar-refractivity contribution in [3.63, 3.8) is 0 Å². The van der Waals surface area contributed by atoms with Gasteiger partial charge < -0.3 is 40.2 Å². The van der Waals surface area contributed by atoms with Gasteiger partial charge in [-0.05, 0) is 24.7 Å². The van der Waals surface area contributed by atoms with E-state index in [1.54, 1.807) is 4.57 Å². The van der Waals surface area contributed by atoms with Gasteiger partial charge in [-0.25, -0.2) is 29.1 Å². The molecule has 8 N–H and O–H groups in total. The lowest BCUT2D eigenvalue weighted by Crippen LogP contribution is -2.40. The quantitative estimate of drug-likeness (QED) is 0.106. The van der Waals surface area contributed by atoms with E-state index >= 15 is 0 Å². The number of aliphatic hydroxyl groups excluding tert-OH is 2. The van der Waals surface area contributed by atoms with Gasteiger partial charge in [0.15, 0.2) is 22.6 Å². The molecule has 3 unspecified atom stereocenters. The molecule has 2 spiro atoms. The number of phosphoric acid groups is 1. The van der Waals surface area contributed by atoms with Crippen molar-refractivity contribution < 1.29 is 42.3 Å². The van der Waals surface area contributed by atoms with Gasteiger partial charge >= 0.3 is 14.6 Å². The van der Waals surface area contributed by atoms with Gasteiger partial charge in [-0.15, -0.1) is 0 Å². The number of hydrogen-bond donors (Lipinski definition) is 7. The Hall–Kier alpha value is -2.97. The summed E-state index contributed by atoms with van der Waals surface area (Å²) in [4.78, 5) is 46.6. The summed E-state index contributed by atoms with van der Waals surface area (Å²) in [5.41, 5.74) is 9.66. The van der Waals surface area contributed by atoms with Gasteiger partial charge in [0.1, 0.15) is 36.3 Å². The average Bonchev–Trinajstić information content (AvgIpc) is 3.71. The van der Waals surface area contributed by atoms with E-state index in [0.29, 0.717) is 24.0 Å². The number of thiol groups is 1. The summed E-state index contributed by atoms with van der Waals surface area (Å²) >= 11 is 4.25. The molecule has 1 saturated heterocycles. The highest BCUT2D eigenvalue weighted by molar-refractivity contribution is 8.44. The van der Waals surface area contributed by atoms with Gasteiger partial charge in [0.05, 0.1) is 38.0 Å². The highest BCUT2D eigenvalue weighted by atomic mass is 32.7. The number of rotatable bonds is 2. The van der Waals surface area contributed by atoms with E-state index in [9.17, 15) is 29.0 Å². The molecule has 47 heavy (non-hydrogen) atoms. The number of nitrogen functional groups attached to an aromatic ring is 2. The maximum Gasteiger partial charge on any atom is 0.472 e. The molecule has 20 nitrogen and oxygen atoms in total. The van der Waals surface area contributed by atoms with Crippen molar-refractivity contribution >= 4 is 61.0 Å². The van der Waals surface area contributed by atoms with Crippen molar-refractivity contribution in [1.29, 1.82) is 0 Å². The molecule has 5 aliphatic rings. The van der Waals surface area contributed by atoms with Crippen LogP contribution in [-0.2, 0) is 27.2 Å². The minimum Gasteiger partial charge on any atom is -0.388 e. The highest BCUT2D eigenvalue weighted by Gasteiger charge is 2.76. The molecule has 0 bridgehead atoms. The Morgan fingerprint density at radius 2 is 1.49 bits per heavy atom. The standard InChI is InChI=1S/C24H28N10O10P2S/c25-18-10-19(28-5-27-18)33(6-29-10)12-8-1-23(8)3-41-45(38,39)43-16-14(35)13(34-7-30-11-20(34)31-22(26)32-21(11)37)9-2-24(9,16)4-42-46(40,47)44-17(23)15(12)36/h5-9,12-17,35-36H,1-4H2,(H,38,39)(H,40,47)(H2,25,27,28)(H3,26,31,32,37)/t8-,9-,12-,13-,14+,15+,16+,17+,23?,24?,46-/m1/s1. The van der Waals surface area contributed by atoms with Crippen LogP contribution >= 0.6 is 26.9 Å². The second-order valence-corrected chi connectivity index (χ2v) is 17.2. The minimum absolute atomic E-state index is 0.0187. The van der Waals surface area contributed by atoms with Crippen molar-refractivity contribution in [3.8, 4) is 0 Å². The maximum absolute atomic E-state index is 13.8. The topological polar surface area (TPSA) is 291 Å². The smallest absolute Gasteiger partial charge is 0.388 e. The Morgan fingerprint density at radius 3 is 2.17 bits per heavy atom. The summed E-state index contributed by atoms with van der Waals surface area (Å²) in [5, 5.41) is 23.2. The molecular formula is C24H28N10O10P2S. The third-order valence-electron chi connectivity index (χ3n) is 10.6. The molecule has 0 radical (unpaired) electrons. The van der Waals surface area contributed by atoms with E-state index in [1.165, 1.54) is 23.5 Å². The molecule has 5 fully saturated rings. The molecular weight excluding hydrogens is 682 g/mol. The monoisotopic (exact) mass is 710 g/mol. The number of aromatic amines is 1. The summed E-state index contributed by atoms with van der Waals surface area (Å²) < 4.78 is 53.5. The first-order valence-corrected chi connectivity index (χ1v) is 18.8. The Kier molecular flexibility index (Phi) is 6.14. The Balaban J connectivity index is 1.06. The number of nitrogens with one attached hydrogen (secondary N) is 1. The fraction of sp³-hybridized carbons (Fsp3) is 0.583. The maximum atomic E-state index is 13.8. The van der Waals surface area contributed by atoms with E-state index < -0.39 is 86.0 Å². The normalized spacial score (nSPS) is 44.3. The molecule has 250 valence electrons. The van der Waals surface area contributed by atoms with Crippen LogP contribution in [0.25, 0.3) is 22.3 Å². The molecule has 0 amide bonds. The van der Waals surface area contributed by atoms with Crippen molar-refractivity contribution in [3.05, 3.63) is 29.3 Å². The van der Waals surface area contributed by atoms with Gasteiger partial charge in [-0.2, -0.15) is 4.98 Å². The van der Waals surface area contributed by atoms with Crippen LogP contribution < -0.4 is 17.0 Å². The van der Waals surface area contributed by atoms with Crippen LogP contribution in [0.2, 0.25) is 0 Å². The van der Waals surface area contributed by atoms with Gasteiger partial charge in [0.2, 0.25) is 5.95 Å². The largest absolute Gasteiger partial charge is 0.472 e. The Bertz CT molecular complexity index is 2150. The van der Waals surface area contributed by atoms with Crippen molar-refractivity contribution in [2.75, 3.05) is 24.7 Å². The number of phosphoric ester groups is 1. The van der Waals surface area contributed by atoms with Crippen molar-refractivity contribution in [2.45, 2.75) is 49.3 Å². The van der Waals surface area contributed by atoms with Crippen LogP contribution in [0, 0.1) is 22.7 Å². The highest BCUT2D eigenvalue weighted by Crippen LogP contribution is 2.76. The predicted molar refractivity (Wildman–Crippen MR) is 162 cm³/mol. The van der Waals surface area contributed by atoms with E-state index in [2.05, 4.69) is 42.2 Å². The van der Waals surface area contributed by atoms with E-state index in [4.69, 9.17) is 29.6 Å². The number of hydrogen-bond acceptors (Lipinski definition) is 16. The number of anilines is 2. The first-order chi connectivity index (χ1) is 22.3. The van der Waals surface area contributed by atoms with Crippen LogP contribution in [0.15, 0.2) is 23.8 Å². The molecule has 12 atom stereocenters. The van der Waals surface area contributed by atoms with Crippen LogP contribution in [0.3, 0.4) is 0 Å². The first-order valence-electron chi connectivity index (χ1n) is 14.6. The van der Waals surface area contributed by atoms with Gasteiger partial charge in [-0.3, -0.25) is 23.3 Å². The second-order valence-electron chi connectivity index (χ2n) is 12.9. The SMILES string of the molecule is Nc1nc2c(ncn2[C@H]2[C@H](O)[C@@H]3OP(=O)(O)OCC45C[C@@H]4[C@@H](n4cnc6c(N)ncnc64)[C@H](O)[C@@H]5O[P@](=O)(S)OCC34C[C@H]24)c(=O)[nH]1. The zero-order valence-electron chi connectivity index (χ0n) is 24.0. The summed E-state index contributed by atoms with van der Waals surface area (Å²) in [6.45, 7) is -5.01. The Morgan fingerprint density at radius 1 is 0.894 bits per heavy atom. The summed E-state index contributed by atoms with van der Waals surface area (Å²) in [7, 11) is -4.88. The number of aromatic nitrogens is 8. The summed E-state index contributed by atoms with van der Waals surface area (Å²) in [6, 6.07) is -1.56. The van der Waals surface area contributed by atoms with Gasteiger partial charge in [-0.1, -0.05) is 12.2 Å². The second kappa shape index (κ2) is 9.59.